The molecule has 0 spiro atoms. The number of likely N-dealkylation sites (tertiary alicyclic amines) is 1. The summed E-state index contributed by atoms with van der Waals surface area (Å²) >= 11 is 0. The van der Waals surface area contributed by atoms with E-state index in [1.807, 2.05) is 11.1 Å². The Bertz CT molecular complexity index is 1400. The second-order valence-corrected chi connectivity index (χ2v) is 11.8. The molecule has 1 fully saturated rings. The number of piperidine rings is 1. The van der Waals surface area contributed by atoms with E-state index in [-0.39, 0.29) is 5.91 Å². The fraction of sp³-hybridized carbons (Fsp3) is 0.370. The van der Waals surface area contributed by atoms with Crippen LogP contribution in [0.2, 0.25) is 0 Å². The Morgan fingerprint density at radius 2 is 1.65 bits per heavy atom. The highest BCUT2D eigenvalue weighted by Gasteiger charge is 2.31. The first kappa shape index (κ1) is 25.2. The second-order valence-electron chi connectivity index (χ2n) is 10.0. The van der Waals surface area contributed by atoms with Crippen LogP contribution < -0.4 is 10.0 Å². The van der Waals surface area contributed by atoms with Crippen LogP contribution in [0.25, 0.3) is 0 Å². The fourth-order valence-electron chi connectivity index (χ4n) is 5.18. The summed E-state index contributed by atoms with van der Waals surface area (Å²) in [6.07, 6.45) is 4.82. The molecule has 194 valence electrons. The molecule has 0 unspecified atom stereocenters. The molecule has 9 nitrogen and oxygen atoms in total. The van der Waals surface area contributed by atoms with Crippen LogP contribution in [0.15, 0.2) is 48.7 Å². The molecule has 10 heteroatoms. The molecule has 37 heavy (non-hydrogen) atoms. The Balaban J connectivity index is 1.16. The maximum absolute atomic E-state index is 13.0. The molecule has 2 aliphatic rings. The zero-order valence-corrected chi connectivity index (χ0v) is 22.2. The lowest BCUT2D eigenvalue weighted by atomic mass is 10.0. The number of aromatic nitrogens is 2. The number of hydrogen-bond donors (Lipinski definition) is 2. The van der Waals surface area contributed by atoms with Crippen molar-refractivity contribution < 1.29 is 13.2 Å². The molecule has 2 N–H and O–H groups in total. The highest BCUT2D eigenvalue weighted by Crippen LogP contribution is 2.29. The van der Waals surface area contributed by atoms with Crippen molar-refractivity contribution in [2.45, 2.75) is 45.8 Å². The minimum absolute atomic E-state index is 0.0259. The molecule has 1 amide bonds. The molecule has 0 atom stereocenters. The molecule has 3 heterocycles. The zero-order valence-electron chi connectivity index (χ0n) is 21.4. The number of hydrogen-bond acceptors (Lipinski definition) is 7. The number of carbonyl (C=O) groups is 1. The number of fused-ring (bicyclic) bond motifs is 1. The van der Waals surface area contributed by atoms with Gasteiger partial charge in [-0.1, -0.05) is 6.07 Å². The number of nitrogens with one attached hydrogen (secondary N) is 2. The van der Waals surface area contributed by atoms with Gasteiger partial charge in [0.15, 0.2) is 0 Å². The molecule has 2 aromatic carbocycles. The molecule has 0 saturated carbocycles. The Kier molecular flexibility index (Phi) is 6.87. The topological polar surface area (TPSA) is 108 Å². The smallest absolute Gasteiger partial charge is 0.253 e. The maximum atomic E-state index is 13.0. The Hall–Kier alpha value is -3.50. The van der Waals surface area contributed by atoms with E-state index < -0.39 is 10.0 Å². The molecule has 5 rings (SSSR count). The number of benzene rings is 2. The van der Waals surface area contributed by atoms with E-state index in [1.54, 1.807) is 24.3 Å². The van der Waals surface area contributed by atoms with Crippen LogP contribution in [0.4, 0.5) is 17.3 Å². The normalized spacial score (nSPS) is 16.5. The summed E-state index contributed by atoms with van der Waals surface area (Å²) in [7, 11) is -3.35. The molecule has 0 bridgehead atoms. The van der Waals surface area contributed by atoms with Gasteiger partial charge >= 0.3 is 0 Å². The minimum atomic E-state index is -3.35. The first-order valence-electron chi connectivity index (χ1n) is 12.4. The predicted octanol–water partition coefficient (Wildman–Crippen LogP) is 3.83. The number of sulfonamides is 1. The number of anilines is 3. The number of rotatable bonds is 6. The van der Waals surface area contributed by atoms with E-state index in [0.29, 0.717) is 36.3 Å². The van der Waals surface area contributed by atoms with Crippen molar-refractivity contribution in [2.75, 3.05) is 29.4 Å². The van der Waals surface area contributed by atoms with Crippen LogP contribution in [0.3, 0.4) is 0 Å². The van der Waals surface area contributed by atoms with Crippen LogP contribution in [-0.4, -0.2) is 59.5 Å². The van der Waals surface area contributed by atoms with Gasteiger partial charge in [-0.3, -0.25) is 14.4 Å². The Morgan fingerprint density at radius 3 is 2.30 bits per heavy atom. The molecule has 1 aromatic heterocycles. The van der Waals surface area contributed by atoms with E-state index in [2.05, 4.69) is 52.0 Å². The van der Waals surface area contributed by atoms with Crippen molar-refractivity contribution in [1.82, 2.24) is 19.8 Å². The van der Waals surface area contributed by atoms with E-state index in [1.165, 1.54) is 11.1 Å². The third-order valence-electron chi connectivity index (χ3n) is 6.86. The number of aryl methyl sites for hydroxylation is 2. The summed E-state index contributed by atoms with van der Waals surface area (Å²) in [6, 6.07) is 13.3. The molecule has 2 aliphatic heterocycles. The van der Waals surface area contributed by atoms with Crippen molar-refractivity contribution in [3.05, 3.63) is 76.6 Å². The summed E-state index contributed by atoms with van der Waals surface area (Å²) in [4.78, 5) is 26.6. The largest absolute Gasteiger partial charge is 0.339 e. The second kappa shape index (κ2) is 10.1. The highest BCUT2D eigenvalue weighted by atomic mass is 32.2. The lowest BCUT2D eigenvalue weighted by Gasteiger charge is -2.36. The predicted molar refractivity (Wildman–Crippen MR) is 144 cm³/mol. The van der Waals surface area contributed by atoms with Crippen molar-refractivity contribution >= 4 is 33.3 Å². The highest BCUT2D eigenvalue weighted by molar-refractivity contribution is 7.92. The van der Waals surface area contributed by atoms with Gasteiger partial charge < -0.3 is 10.2 Å². The van der Waals surface area contributed by atoms with E-state index in [0.717, 1.165) is 49.1 Å². The van der Waals surface area contributed by atoms with Gasteiger partial charge in [0, 0.05) is 60.9 Å². The zero-order chi connectivity index (χ0) is 26.2. The molecular formula is C27H32N6O3S. The summed E-state index contributed by atoms with van der Waals surface area (Å²) in [5.41, 5.74) is 6.61. The summed E-state index contributed by atoms with van der Waals surface area (Å²) in [6.45, 7) is 7.14. The average Bonchev–Trinajstić information content (AvgIpc) is 3.26. The van der Waals surface area contributed by atoms with E-state index >= 15 is 0 Å². The first-order chi connectivity index (χ1) is 17.6. The molecular weight excluding hydrogens is 488 g/mol. The van der Waals surface area contributed by atoms with Crippen LogP contribution in [0.1, 0.15) is 45.6 Å². The van der Waals surface area contributed by atoms with Gasteiger partial charge in [0.05, 0.1) is 11.9 Å². The number of nitrogens with zero attached hydrogens (tertiary/aromatic N) is 4. The molecule has 0 radical (unpaired) electrons. The van der Waals surface area contributed by atoms with Crippen LogP contribution in [0.5, 0.6) is 0 Å². The summed E-state index contributed by atoms with van der Waals surface area (Å²) in [5.74, 6) is 0.589. The lowest BCUT2D eigenvalue weighted by Crippen LogP contribution is -2.45. The molecule has 3 aromatic rings. The standard InChI is InChI=1S/C27H32N6O3S/c1-18-12-19(2)14-23(13-18)29-27-28-15-21-16-33(17-25(21)30-27)24-8-10-32(11-9-24)26(34)20-4-6-22(7-5-20)31-37(3,35)36/h4-7,12-15,24,31H,8-11,16-17H2,1-3H3,(H,28,29,30). The van der Waals surface area contributed by atoms with Gasteiger partial charge in [-0.2, -0.15) is 0 Å². The number of carbonyl (C=O) groups excluding carboxylic acids is 1. The monoisotopic (exact) mass is 520 g/mol. The van der Waals surface area contributed by atoms with E-state index in [4.69, 9.17) is 4.98 Å². The maximum Gasteiger partial charge on any atom is 0.253 e. The Morgan fingerprint density at radius 1 is 0.973 bits per heavy atom. The molecule has 1 saturated heterocycles. The van der Waals surface area contributed by atoms with Crippen molar-refractivity contribution in [2.24, 2.45) is 0 Å². The van der Waals surface area contributed by atoms with Gasteiger partial charge in [0.2, 0.25) is 16.0 Å². The van der Waals surface area contributed by atoms with Crippen molar-refractivity contribution in [1.29, 1.82) is 0 Å². The summed E-state index contributed by atoms with van der Waals surface area (Å²) < 4.78 is 25.2. The first-order valence-corrected chi connectivity index (χ1v) is 14.3. The van der Waals surface area contributed by atoms with Crippen LogP contribution in [-0.2, 0) is 23.1 Å². The van der Waals surface area contributed by atoms with Crippen LogP contribution >= 0.6 is 0 Å². The van der Waals surface area contributed by atoms with Crippen LogP contribution in [0, 0.1) is 13.8 Å². The molecule has 0 aliphatic carbocycles. The van der Waals surface area contributed by atoms with Gasteiger partial charge in [0.25, 0.3) is 5.91 Å². The van der Waals surface area contributed by atoms with Gasteiger partial charge in [-0.05, 0) is 74.2 Å². The quantitative estimate of drug-likeness (QED) is 0.509. The van der Waals surface area contributed by atoms with Crippen molar-refractivity contribution in [3.63, 3.8) is 0 Å². The van der Waals surface area contributed by atoms with Gasteiger partial charge in [-0.25, -0.2) is 18.4 Å². The Labute approximate surface area is 218 Å². The number of amides is 1. The average molecular weight is 521 g/mol. The fourth-order valence-corrected chi connectivity index (χ4v) is 5.75. The third kappa shape index (κ3) is 6.08. The van der Waals surface area contributed by atoms with Crippen molar-refractivity contribution in [3.8, 4) is 0 Å². The SMILES string of the molecule is Cc1cc(C)cc(Nc2ncc3c(n2)CN(C2CCN(C(=O)c4ccc(NS(C)(=O)=O)cc4)CC2)C3)c1. The van der Waals surface area contributed by atoms with Gasteiger partial charge in [0.1, 0.15) is 0 Å². The summed E-state index contributed by atoms with van der Waals surface area (Å²) in [5, 5.41) is 3.34. The third-order valence-corrected chi connectivity index (χ3v) is 7.47. The minimum Gasteiger partial charge on any atom is -0.339 e. The van der Waals surface area contributed by atoms with Gasteiger partial charge in [-0.15, -0.1) is 0 Å². The van der Waals surface area contributed by atoms with E-state index in [9.17, 15) is 13.2 Å². The lowest BCUT2D eigenvalue weighted by molar-refractivity contribution is 0.0613.